The van der Waals surface area contributed by atoms with E-state index < -0.39 is 72.4 Å². The third kappa shape index (κ3) is 5.11. The second-order valence-electron chi connectivity index (χ2n) is 7.74. The molecule has 11 nitrogen and oxygen atoms in total. The molecule has 0 bridgehead atoms. The summed E-state index contributed by atoms with van der Waals surface area (Å²) in [5.74, 6) is -5.78. The van der Waals surface area contributed by atoms with Gasteiger partial charge in [-0.3, -0.25) is 4.79 Å². The molecule has 1 heterocycles. The monoisotopic (exact) mass is 526 g/mol. The van der Waals surface area contributed by atoms with Gasteiger partial charge in [-0.05, 0) is 48.7 Å². The highest BCUT2D eigenvalue weighted by Crippen LogP contribution is 2.36. The smallest absolute Gasteiger partial charge is 0.434 e. The van der Waals surface area contributed by atoms with Crippen molar-refractivity contribution in [1.82, 2.24) is 14.9 Å². The van der Waals surface area contributed by atoms with E-state index in [9.17, 15) is 32.3 Å². The Morgan fingerprint density at radius 3 is 2.46 bits per heavy atom. The van der Waals surface area contributed by atoms with Crippen molar-refractivity contribution >= 4 is 33.5 Å². The van der Waals surface area contributed by atoms with Gasteiger partial charge in [0.2, 0.25) is 21.8 Å². The number of rotatable bonds is 8. The summed E-state index contributed by atoms with van der Waals surface area (Å²) in [5, 5.41) is 14.6. The molecule has 3 aromatic rings. The number of nitrogens with one attached hydrogen (secondary N) is 2. The fraction of sp³-hybridized carbons (Fsp3) is 0.238. The lowest BCUT2D eigenvalue weighted by atomic mass is 9.88. The lowest BCUT2D eigenvalue weighted by Gasteiger charge is -2.25. The number of carboxylic acid groups (broad SMARTS) is 1. The molecule has 3 rings (SSSR count). The zero-order valence-electron chi connectivity index (χ0n) is 18.5. The molecule has 0 saturated heterocycles. The largest absolute Gasteiger partial charge is 0.478 e. The number of benzene rings is 2. The summed E-state index contributed by atoms with van der Waals surface area (Å²) in [6.07, 6.45) is 0. The molecule has 2 aromatic carbocycles. The van der Waals surface area contributed by atoms with Gasteiger partial charge < -0.3 is 15.3 Å². The van der Waals surface area contributed by atoms with Crippen molar-refractivity contribution in [3.63, 3.8) is 0 Å². The van der Waals surface area contributed by atoms with E-state index in [-0.39, 0.29) is 5.56 Å². The third-order valence-electron chi connectivity index (χ3n) is 5.55. The maximum Gasteiger partial charge on any atom is 0.434 e. The molecular weight excluding hydrogens is 507 g/mol. The SMILES string of the molecule is Cc1ccc(F)c(C(C)C(NS(=O)(=O)c2cc(C(=O)O)c(Cl)cc2C(N)=O)c2n[nH]c(=O)o2)c1C. The van der Waals surface area contributed by atoms with E-state index in [0.717, 1.165) is 11.6 Å². The van der Waals surface area contributed by atoms with E-state index in [1.165, 1.54) is 13.0 Å². The molecular formula is C21H20ClFN4O7S. The summed E-state index contributed by atoms with van der Waals surface area (Å²) in [5.41, 5.74) is 5.48. The van der Waals surface area contributed by atoms with Crippen LogP contribution in [0.5, 0.6) is 0 Å². The van der Waals surface area contributed by atoms with Crippen molar-refractivity contribution in [2.45, 2.75) is 37.6 Å². The van der Waals surface area contributed by atoms with E-state index in [1.54, 1.807) is 19.9 Å². The molecule has 14 heteroatoms. The van der Waals surface area contributed by atoms with Crippen molar-refractivity contribution in [1.29, 1.82) is 0 Å². The summed E-state index contributed by atoms with van der Waals surface area (Å²) >= 11 is 5.87. The van der Waals surface area contributed by atoms with Gasteiger partial charge in [0.25, 0.3) is 0 Å². The second-order valence-corrected chi connectivity index (χ2v) is 9.83. The Morgan fingerprint density at radius 2 is 1.91 bits per heavy atom. The van der Waals surface area contributed by atoms with Crippen LogP contribution in [0.15, 0.2) is 38.4 Å². The van der Waals surface area contributed by atoms with Crippen molar-refractivity contribution < 1.29 is 31.9 Å². The average Bonchev–Trinajstić information content (AvgIpc) is 3.20. The number of carbonyl (C=O) groups is 2. The molecule has 35 heavy (non-hydrogen) atoms. The molecule has 186 valence electrons. The fourth-order valence-corrected chi connectivity index (χ4v) is 5.37. The summed E-state index contributed by atoms with van der Waals surface area (Å²) in [6, 6.07) is 2.80. The zero-order chi connectivity index (χ0) is 26.2. The average molecular weight is 527 g/mol. The first-order chi connectivity index (χ1) is 16.2. The minimum Gasteiger partial charge on any atom is -0.478 e. The summed E-state index contributed by atoms with van der Waals surface area (Å²) in [7, 11) is -4.75. The van der Waals surface area contributed by atoms with Crippen LogP contribution in [0.3, 0.4) is 0 Å². The van der Waals surface area contributed by atoms with Crippen LogP contribution in [0.2, 0.25) is 5.02 Å². The Kier molecular flexibility index (Phi) is 7.15. The number of halogens is 2. The Morgan fingerprint density at radius 1 is 1.26 bits per heavy atom. The molecule has 0 fully saturated rings. The van der Waals surface area contributed by atoms with Crippen molar-refractivity contribution in [3.8, 4) is 0 Å². The Labute approximate surface area is 203 Å². The lowest BCUT2D eigenvalue weighted by Crippen LogP contribution is -2.34. The molecule has 2 unspecified atom stereocenters. The van der Waals surface area contributed by atoms with Crippen molar-refractivity contribution in [2.24, 2.45) is 5.73 Å². The highest BCUT2D eigenvalue weighted by atomic mass is 35.5. The molecule has 2 atom stereocenters. The normalized spacial score (nSPS) is 13.4. The van der Waals surface area contributed by atoms with Gasteiger partial charge >= 0.3 is 11.7 Å². The quantitative estimate of drug-likeness (QED) is 0.344. The number of carboxylic acids is 1. The van der Waals surface area contributed by atoms with E-state index >= 15 is 0 Å². The summed E-state index contributed by atoms with van der Waals surface area (Å²) in [6.45, 7) is 4.85. The van der Waals surface area contributed by atoms with Crippen LogP contribution in [0.4, 0.5) is 4.39 Å². The van der Waals surface area contributed by atoms with Crippen LogP contribution >= 0.6 is 11.6 Å². The van der Waals surface area contributed by atoms with Crippen LogP contribution < -0.4 is 16.2 Å². The number of hydrogen-bond donors (Lipinski definition) is 4. The first kappa shape index (κ1) is 26.1. The van der Waals surface area contributed by atoms with Crippen LogP contribution in [-0.4, -0.2) is 35.6 Å². The van der Waals surface area contributed by atoms with Gasteiger partial charge in [-0.25, -0.2) is 27.5 Å². The van der Waals surface area contributed by atoms with Gasteiger partial charge in [0, 0.05) is 5.92 Å². The number of primary amides is 1. The lowest BCUT2D eigenvalue weighted by molar-refractivity contribution is 0.0696. The molecule has 0 spiro atoms. The maximum absolute atomic E-state index is 14.8. The third-order valence-corrected chi connectivity index (χ3v) is 7.34. The van der Waals surface area contributed by atoms with Gasteiger partial charge in [0.15, 0.2) is 0 Å². The first-order valence-electron chi connectivity index (χ1n) is 9.94. The number of amides is 1. The van der Waals surface area contributed by atoms with Crippen LogP contribution in [-0.2, 0) is 10.0 Å². The minimum absolute atomic E-state index is 0.126. The van der Waals surface area contributed by atoms with Crippen LogP contribution in [0.1, 0.15) is 62.2 Å². The van der Waals surface area contributed by atoms with E-state index in [2.05, 4.69) is 9.82 Å². The Hall–Kier alpha value is -3.55. The minimum atomic E-state index is -4.75. The second kappa shape index (κ2) is 9.60. The number of aromatic amines is 1. The molecule has 0 aliphatic carbocycles. The van der Waals surface area contributed by atoms with Gasteiger partial charge in [0.1, 0.15) is 11.9 Å². The molecule has 0 saturated carbocycles. The van der Waals surface area contributed by atoms with Gasteiger partial charge in [-0.1, -0.05) is 24.6 Å². The number of H-pyrrole nitrogens is 1. The van der Waals surface area contributed by atoms with Crippen molar-refractivity contribution in [3.05, 3.63) is 79.4 Å². The number of nitrogens with two attached hydrogens (primary N) is 1. The number of aryl methyl sites for hydroxylation is 1. The number of aromatic carboxylic acids is 1. The van der Waals surface area contributed by atoms with Crippen molar-refractivity contribution in [2.75, 3.05) is 0 Å². The standard InChI is InChI=1S/C21H20ClFN4O7S/c1-8-4-5-14(23)16(9(8)2)10(3)17(19-25-26-21(31)34-19)27-35(32,33)15-7-11(20(29)30)13(22)6-12(15)18(24)28/h4-7,10,17,27H,1-3H3,(H2,24,28)(H,26,31)(H,29,30). The number of aromatic nitrogens is 2. The predicted molar refractivity (Wildman–Crippen MR) is 121 cm³/mol. The molecule has 5 N–H and O–H groups in total. The molecule has 1 amide bonds. The number of carbonyl (C=O) groups excluding carboxylic acids is 1. The molecule has 0 radical (unpaired) electrons. The summed E-state index contributed by atoms with van der Waals surface area (Å²) in [4.78, 5) is 34.3. The van der Waals surface area contributed by atoms with E-state index in [0.29, 0.717) is 11.6 Å². The maximum atomic E-state index is 14.8. The van der Waals surface area contributed by atoms with E-state index in [4.69, 9.17) is 21.8 Å². The van der Waals surface area contributed by atoms with Crippen LogP contribution in [0, 0.1) is 19.7 Å². The number of sulfonamides is 1. The van der Waals surface area contributed by atoms with E-state index in [1.807, 2.05) is 5.10 Å². The van der Waals surface area contributed by atoms with Crippen LogP contribution in [0.25, 0.3) is 0 Å². The Balaban J connectivity index is 2.21. The van der Waals surface area contributed by atoms with Gasteiger partial charge in [-0.2, -0.15) is 4.72 Å². The molecule has 1 aromatic heterocycles. The highest BCUT2D eigenvalue weighted by molar-refractivity contribution is 7.89. The van der Waals surface area contributed by atoms with Gasteiger partial charge in [-0.15, -0.1) is 5.10 Å². The molecule has 0 aliphatic heterocycles. The highest BCUT2D eigenvalue weighted by Gasteiger charge is 2.35. The topological polar surface area (TPSA) is 185 Å². The van der Waals surface area contributed by atoms with Gasteiger partial charge in [0.05, 0.1) is 21.0 Å². The first-order valence-corrected chi connectivity index (χ1v) is 11.8. The molecule has 0 aliphatic rings. The number of hydrogen-bond acceptors (Lipinski definition) is 7. The fourth-order valence-electron chi connectivity index (χ4n) is 3.63. The Bertz CT molecular complexity index is 1500. The summed E-state index contributed by atoms with van der Waals surface area (Å²) < 4.78 is 48.8. The zero-order valence-corrected chi connectivity index (χ0v) is 20.1. The predicted octanol–water partition coefficient (Wildman–Crippen LogP) is 2.39. The number of nitrogens with zero attached hydrogens (tertiary/aromatic N) is 1.